The Morgan fingerprint density at radius 1 is 1.08 bits per heavy atom. The van der Waals surface area contributed by atoms with Gasteiger partial charge >= 0.3 is 12.4 Å². The average Bonchev–Trinajstić information content (AvgIpc) is 3.34. The zero-order chi connectivity index (χ0) is 27.9. The third-order valence-corrected chi connectivity index (χ3v) is 7.03. The summed E-state index contributed by atoms with van der Waals surface area (Å²) >= 11 is 0. The van der Waals surface area contributed by atoms with Crippen molar-refractivity contribution in [3.05, 3.63) is 23.2 Å². The molecule has 38 heavy (non-hydrogen) atoms. The van der Waals surface area contributed by atoms with Crippen LogP contribution in [0, 0.1) is 17.2 Å². The van der Waals surface area contributed by atoms with Crippen molar-refractivity contribution in [3.63, 3.8) is 0 Å². The lowest BCUT2D eigenvalue weighted by molar-refractivity contribution is -0.277. The Morgan fingerprint density at radius 2 is 1.76 bits per heavy atom. The molecule has 1 fully saturated rings. The second-order valence-electron chi connectivity index (χ2n) is 9.53. The first kappa shape index (κ1) is 27.6. The molecular formula is C23H24F6N6O3. The Bertz CT molecular complexity index is 1230. The Morgan fingerprint density at radius 3 is 2.37 bits per heavy atom. The number of aromatic nitrogens is 3. The van der Waals surface area contributed by atoms with Crippen LogP contribution >= 0.6 is 0 Å². The van der Waals surface area contributed by atoms with E-state index in [4.69, 9.17) is 10.2 Å². The van der Waals surface area contributed by atoms with Gasteiger partial charge in [0.1, 0.15) is 5.69 Å². The van der Waals surface area contributed by atoms with Crippen molar-refractivity contribution < 1.29 is 40.7 Å². The lowest BCUT2D eigenvalue weighted by Crippen LogP contribution is -2.44. The van der Waals surface area contributed by atoms with Crippen molar-refractivity contribution in [1.82, 2.24) is 20.1 Å². The standard InChI is InChI=1S/C23H24F6N6O3/c24-22(25,26)14-10-15(31)17-18-33-34-20(38-18)21(37,23(27,28)29)8-2-1-3-9-35(19(36)16(14)32-17)13-6-4-12(11-30)5-7-13/h10,12-13,37H,1-9,31H2. The molecule has 4 bridgehead atoms. The van der Waals surface area contributed by atoms with Crippen LogP contribution in [0.1, 0.15) is 73.3 Å². The number of hydrogen-bond donors (Lipinski definition) is 2. The molecule has 3 heterocycles. The molecule has 0 spiro atoms. The number of pyridine rings is 1. The summed E-state index contributed by atoms with van der Waals surface area (Å²) in [7, 11) is 0. The first-order valence-electron chi connectivity index (χ1n) is 12.0. The molecular weight excluding hydrogens is 522 g/mol. The number of alkyl halides is 6. The lowest BCUT2D eigenvalue weighted by atomic mass is 9.86. The number of fused-ring (bicyclic) bond motifs is 5. The summed E-state index contributed by atoms with van der Waals surface area (Å²) in [6.07, 6.45) is -9.31. The summed E-state index contributed by atoms with van der Waals surface area (Å²) in [6.45, 7) is -0.0533. The van der Waals surface area contributed by atoms with E-state index < -0.39 is 70.7 Å². The SMILES string of the molecule is N#CC1CCC(N2CCCCCC(O)(C(F)(F)F)c3nnc(o3)-c3nc(c(C(F)(F)F)cc3N)C2=O)CC1. The van der Waals surface area contributed by atoms with Crippen molar-refractivity contribution in [3.8, 4) is 17.7 Å². The van der Waals surface area contributed by atoms with Crippen LogP contribution in [0.5, 0.6) is 0 Å². The van der Waals surface area contributed by atoms with Crippen molar-refractivity contribution in [2.75, 3.05) is 12.3 Å². The number of hydrogen-bond acceptors (Lipinski definition) is 8. The zero-order valence-electron chi connectivity index (χ0n) is 19.9. The molecule has 9 nitrogen and oxygen atoms in total. The molecule has 4 rings (SSSR count). The predicted molar refractivity (Wildman–Crippen MR) is 118 cm³/mol. The number of rotatable bonds is 1. The number of aliphatic hydroxyl groups is 1. The number of amides is 1. The Kier molecular flexibility index (Phi) is 7.30. The molecule has 0 saturated heterocycles. The number of halogens is 6. The molecule has 1 amide bonds. The third kappa shape index (κ3) is 5.13. The Balaban J connectivity index is 1.85. The second-order valence-corrected chi connectivity index (χ2v) is 9.53. The molecule has 1 unspecified atom stereocenters. The molecule has 2 aliphatic rings. The first-order valence-corrected chi connectivity index (χ1v) is 12.0. The van der Waals surface area contributed by atoms with Crippen molar-refractivity contribution in [2.45, 2.75) is 75.4 Å². The molecule has 3 N–H and O–H groups in total. The van der Waals surface area contributed by atoms with Crippen LogP contribution < -0.4 is 5.73 Å². The molecule has 2 aromatic heterocycles. The summed E-state index contributed by atoms with van der Waals surface area (Å²) in [5.41, 5.74) is -1.46. The van der Waals surface area contributed by atoms with Gasteiger partial charge in [-0.1, -0.05) is 6.42 Å². The van der Waals surface area contributed by atoms with Gasteiger partial charge in [-0.15, -0.1) is 10.2 Å². The quantitative estimate of drug-likeness (QED) is 0.495. The normalized spacial score (nSPS) is 25.5. The predicted octanol–water partition coefficient (Wildman–Crippen LogP) is 4.58. The summed E-state index contributed by atoms with van der Waals surface area (Å²) in [5.74, 6) is -3.25. The van der Waals surface area contributed by atoms with E-state index in [1.54, 1.807) is 0 Å². The molecule has 0 aromatic carbocycles. The number of nitriles is 1. The topological polar surface area (TPSA) is 142 Å². The number of anilines is 1. The van der Waals surface area contributed by atoms with Gasteiger partial charge in [0.05, 0.1) is 17.3 Å². The van der Waals surface area contributed by atoms with Crippen LogP contribution in [-0.4, -0.2) is 49.9 Å². The van der Waals surface area contributed by atoms with Gasteiger partial charge in [-0.3, -0.25) is 4.79 Å². The summed E-state index contributed by atoms with van der Waals surface area (Å²) < 4.78 is 88.5. The molecule has 2 aromatic rings. The molecule has 1 aliphatic carbocycles. The van der Waals surface area contributed by atoms with Gasteiger partial charge in [-0.25, -0.2) is 4.98 Å². The van der Waals surface area contributed by atoms with Crippen LogP contribution in [0.3, 0.4) is 0 Å². The highest BCUT2D eigenvalue weighted by molar-refractivity contribution is 5.95. The van der Waals surface area contributed by atoms with Crippen molar-refractivity contribution in [1.29, 1.82) is 5.26 Å². The largest absolute Gasteiger partial charge is 0.426 e. The average molecular weight is 546 g/mol. The van der Waals surface area contributed by atoms with E-state index in [1.165, 1.54) is 4.90 Å². The van der Waals surface area contributed by atoms with Crippen LogP contribution in [0.4, 0.5) is 32.0 Å². The van der Waals surface area contributed by atoms with E-state index in [0.717, 1.165) is 0 Å². The molecule has 15 heteroatoms. The minimum atomic E-state index is -5.19. The molecule has 1 saturated carbocycles. The van der Waals surface area contributed by atoms with Gasteiger partial charge in [0.25, 0.3) is 17.7 Å². The molecule has 0 radical (unpaired) electrons. The molecule has 1 atom stereocenters. The van der Waals surface area contributed by atoms with Crippen LogP contribution in [-0.2, 0) is 11.8 Å². The lowest BCUT2D eigenvalue weighted by Gasteiger charge is -2.36. The van der Waals surface area contributed by atoms with E-state index in [9.17, 15) is 41.5 Å². The van der Waals surface area contributed by atoms with Gasteiger partial charge in [0, 0.05) is 18.5 Å². The number of nitrogens with two attached hydrogens (primary N) is 1. The van der Waals surface area contributed by atoms with E-state index in [-0.39, 0.29) is 31.7 Å². The van der Waals surface area contributed by atoms with Crippen LogP contribution in [0.25, 0.3) is 11.6 Å². The summed E-state index contributed by atoms with van der Waals surface area (Å²) in [6, 6.07) is 2.11. The van der Waals surface area contributed by atoms with Crippen LogP contribution in [0.2, 0.25) is 0 Å². The third-order valence-electron chi connectivity index (χ3n) is 7.03. The molecule has 206 valence electrons. The zero-order valence-corrected chi connectivity index (χ0v) is 19.9. The second kappa shape index (κ2) is 10.0. The smallest absolute Gasteiger partial charge is 0.416 e. The fraction of sp³-hybridized carbons (Fsp3) is 0.609. The van der Waals surface area contributed by atoms with Crippen molar-refractivity contribution in [2.24, 2.45) is 5.92 Å². The van der Waals surface area contributed by atoms with Crippen LogP contribution in [0.15, 0.2) is 10.5 Å². The highest BCUT2D eigenvalue weighted by atomic mass is 19.4. The number of nitrogen functional groups attached to an aromatic ring is 1. The highest BCUT2D eigenvalue weighted by Gasteiger charge is 2.58. The Hall–Kier alpha value is -3.41. The number of carbonyl (C=O) groups is 1. The maximum Gasteiger partial charge on any atom is 0.426 e. The number of nitrogens with zero attached hydrogens (tertiary/aromatic N) is 5. The minimum absolute atomic E-state index is 0.0533. The monoisotopic (exact) mass is 546 g/mol. The van der Waals surface area contributed by atoms with Gasteiger partial charge in [0.15, 0.2) is 5.69 Å². The maximum atomic E-state index is 14.0. The summed E-state index contributed by atoms with van der Waals surface area (Å²) in [4.78, 5) is 18.6. The van der Waals surface area contributed by atoms with Gasteiger partial charge in [0.2, 0.25) is 5.60 Å². The van der Waals surface area contributed by atoms with Gasteiger partial charge < -0.3 is 20.2 Å². The highest BCUT2D eigenvalue weighted by Crippen LogP contribution is 2.44. The van der Waals surface area contributed by atoms with E-state index in [1.807, 2.05) is 0 Å². The number of carbonyl (C=O) groups excluding carboxylic acids is 1. The summed E-state index contributed by atoms with van der Waals surface area (Å²) in [5, 5.41) is 26.4. The van der Waals surface area contributed by atoms with E-state index in [2.05, 4.69) is 21.3 Å². The van der Waals surface area contributed by atoms with Gasteiger partial charge in [-0.05, 0) is 51.0 Å². The maximum absolute atomic E-state index is 14.0. The van der Waals surface area contributed by atoms with E-state index in [0.29, 0.717) is 31.7 Å². The fourth-order valence-electron chi connectivity index (χ4n) is 4.88. The van der Waals surface area contributed by atoms with E-state index >= 15 is 0 Å². The fourth-order valence-corrected chi connectivity index (χ4v) is 4.88. The Labute approximate surface area is 212 Å². The first-order chi connectivity index (χ1) is 17.8. The minimum Gasteiger partial charge on any atom is -0.416 e. The molecule has 1 aliphatic heterocycles. The van der Waals surface area contributed by atoms with Crippen molar-refractivity contribution >= 4 is 11.6 Å². The van der Waals surface area contributed by atoms with Gasteiger partial charge in [-0.2, -0.15) is 31.6 Å².